The van der Waals surface area contributed by atoms with E-state index in [1.54, 1.807) is 21.9 Å². The molecule has 138 valence electrons. The van der Waals surface area contributed by atoms with Crippen molar-refractivity contribution in [3.05, 3.63) is 59.5 Å². The second-order valence-electron chi connectivity index (χ2n) is 6.98. The van der Waals surface area contributed by atoms with Crippen LogP contribution in [-0.2, 0) is 18.4 Å². The van der Waals surface area contributed by atoms with E-state index in [0.717, 1.165) is 5.56 Å². The van der Waals surface area contributed by atoms with Crippen molar-refractivity contribution in [2.24, 2.45) is 7.05 Å². The summed E-state index contributed by atoms with van der Waals surface area (Å²) in [4.78, 5) is 35.5. The van der Waals surface area contributed by atoms with Gasteiger partial charge in [-0.1, -0.05) is 29.8 Å². The summed E-state index contributed by atoms with van der Waals surface area (Å²) in [6.07, 6.45) is 3.78. The molecule has 1 aromatic carbocycles. The number of amides is 2. The SMILES string of the molecule is Cc1ccc(CN2CC[C@H](NC(=O)c3cnc4c(c3)ncn4C)C2=O)cc1. The van der Waals surface area contributed by atoms with Crippen molar-refractivity contribution in [2.45, 2.75) is 25.9 Å². The Bertz CT molecular complexity index is 1010. The molecule has 0 saturated carbocycles. The van der Waals surface area contributed by atoms with Crippen molar-refractivity contribution in [3.8, 4) is 0 Å². The first-order valence-corrected chi connectivity index (χ1v) is 8.93. The maximum Gasteiger partial charge on any atom is 0.253 e. The van der Waals surface area contributed by atoms with E-state index < -0.39 is 6.04 Å². The number of fused-ring (bicyclic) bond motifs is 1. The van der Waals surface area contributed by atoms with Gasteiger partial charge in [0.15, 0.2) is 5.65 Å². The summed E-state index contributed by atoms with van der Waals surface area (Å²) in [7, 11) is 1.85. The fourth-order valence-electron chi connectivity index (χ4n) is 3.33. The fraction of sp³-hybridized carbons (Fsp3) is 0.300. The minimum Gasteiger partial charge on any atom is -0.340 e. The van der Waals surface area contributed by atoms with Crippen LogP contribution in [0.3, 0.4) is 0 Å². The molecule has 1 N–H and O–H groups in total. The lowest BCUT2D eigenvalue weighted by atomic mass is 10.1. The van der Waals surface area contributed by atoms with E-state index in [2.05, 4.69) is 15.3 Å². The quantitative estimate of drug-likeness (QED) is 0.767. The second kappa shape index (κ2) is 6.83. The molecule has 0 radical (unpaired) electrons. The molecule has 0 spiro atoms. The van der Waals surface area contributed by atoms with Gasteiger partial charge in [0.05, 0.1) is 11.9 Å². The Morgan fingerprint density at radius 1 is 1.26 bits per heavy atom. The number of hydrogen-bond acceptors (Lipinski definition) is 4. The number of likely N-dealkylation sites (tertiary alicyclic amines) is 1. The van der Waals surface area contributed by atoms with Gasteiger partial charge in [-0.3, -0.25) is 9.59 Å². The van der Waals surface area contributed by atoms with E-state index in [1.165, 1.54) is 11.8 Å². The van der Waals surface area contributed by atoms with E-state index in [-0.39, 0.29) is 11.8 Å². The monoisotopic (exact) mass is 363 g/mol. The van der Waals surface area contributed by atoms with E-state index >= 15 is 0 Å². The minimum absolute atomic E-state index is 0.0456. The number of carbonyl (C=O) groups excluding carboxylic acids is 2. The van der Waals surface area contributed by atoms with Crippen LogP contribution in [0.25, 0.3) is 11.2 Å². The maximum absolute atomic E-state index is 12.6. The zero-order chi connectivity index (χ0) is 19.0. The van der Waals surface area contributed by atoms with Gasteiger partial charge in [0, 0.05) is 26.3 Å². The summed E-state index contributed by atoms with van der Waals surface area (Å²) in [5.41, 5.74) is 4.06. The molecule has 3 aromatic rings. The van der Waals surface area contributed by atoms with Crippen LogP contribution in [0.5, 0.6) is 0 Å². The molecule has 0 aliphatic carbocycles. The largest absolute Gasteiger partial charge is 0.340 e. The lowest BCUT2D eigenvalue weighted by Crippen LogP contribution is -2.41. The molecule has 1 aliphatic rings. The highest BCUT2D eigenvalue weighted by molar-refractivity contribution is 5.99. The van der Waals surface area contributed by atoms with Crippen LogP contribution in [-0.4, -0.2) is 43.8 Å². The third-order valence-electron chi connectivity index (χ3n) is 4.91. The number of aryl methyl sites for hydroxylation is 2. The summed E-state index contributed by atoms with van der Waals surface area (Å²) in [6, 6.07) is 9.33. The van der Waals surface area contributed by atoms with Gasteiger partial charge in [-0.15, -0.1) is 0 Å². The topological polar surface area (TPSA) is 80.1 Å². The molecular weight excluding hydrogens is 342 g/mol. The lowest BCUT2D eigenvalue weighted by Gasteiger charge is -2.17. The molecule has 0 bridgehead atoms. The molecule has 0 unspecified atom stereocenters. The Hall–Kier alpha value is -3.22. The number of nitrogens with zero attached hydrogens (tertiary/aromatic N) is 4. The highest BCUT2D eigenvalue weighted by Crippen LogP contribution is 2.17. The molecule has 1 fully saturated rings. The fourth-order valence-corrected chi connectivity index (χ4v) is 3.33. The van der Waals surface area contributed by atoms with Crippen LogP contribution in [0.2, 0.25) is 0 Å². The van der Waals surface area contributed by atoms with Gasteiger partial charge in [-0.2, -0.15) is 0 Å². The lowest BCUT2D eigenvalue weighted by molar-refractivity contribution is -0.129. The average Bonchev–Trinajstić information content (AvgIpc) is 3.20. The van der Waals surface area contributed by atoms with Gasteiger partial charge in [0.2, 0.25) is 5.91 Å². The second-order valence-corrected chi connectivity index (χ2v) is 6.98. The summed E-state index contributed by atoms with van der Waals surface area (Å²) in [5, 5.41) is 2.84. The number of aromatic nitrogens is 3. The molecule has 3 heterocycles. The van der Waals surface area contributed by atoms with E-state index in [4.69, 9.17) is 0 Å². The van der Waals surface area contributed by atoms with Gasteiger partial charge in [0.1, 0.15) is 11.6 Å². The summed E-state index contributed by atoms with van der Waals surface area (Å²) >= 11 is 0. The van der Waals surface area contributed by atoms with Gasteiger partial charge in [-0.25, -0.2) is 9.97 Å². The number of imidazole rings is 1. The van der Waals surface area contributed by atoms with Crippen LogP contribution in [0.4, 0.5) is 0 Å². The molecule has 7 nitrogen and oxygen atoms in total. The summed E-state index contributed by atoms with van der Waals surface area (Å²) in [5.74, 6) is -0.346. The van der Waals surface area contributed by atoms with Crippen molar-refractivity contribution < 1.29 is 9.59 Å². The zero-order valence-corrected chi connectivity index (χ0v) is 15.3. The molecule has 2 amide bonds. The first kappa shape index (κ1) is 17.2. The predicted molar refractivity (Wildman–Crippen MR) is 101 cm³/mol. The molecule has 1 atom stereocenters. The molecule has 2 aromatic heterocycles. The van der Waals surface area contributed by atoms with Crippen LogP contribution in [0.15, 0.2) is 42.9 Å². The van der Waals surface area contributed by atoms with Gasteiger partial charge >= 0.3 is 0 Å². The molecular formula is C20H21N5O2. The van der Waals surface area contributed by atoms with Crippen molar-refractivity contribution >= 4 is 23.0 Å². The maximum atomic E-state index is 12.6. The molecule has 4 rings (SSSR count). The van der Waals surface area contributed by atoms with E-state index in [1.807, 2.05) is 38.2 Å². The smallest absolute Gasteiger partial charge is 0.253 e. The number of pyridine rings is 1. The Kier molecular flexibility index (Phi) is 4.35. The van der Waals surface area contributed by atoms with Gasteiger partial charge in [0.25, 0.3) is 5.91 Å². The van der Waals surface area contributed by atoms with Crippen molar-refractivity contribution in [3.63, 3.8) is 0 Å². The van der Waals surface area contributed by atoms with E-state index in [0.29, 0.717) is 36.2 Å². The van der Waals surface area contributed by atoms with Crippen molar-refractivity contribution in [1.82, 2.24) is 24.8 Å². The number of benzene rings is 1. The van der Waals surface area contributed by atoms with E-state index in [9.17, 15) is 9.59 Å². The summed E-state index contributed by atoms with van der Waals surface area (Å²) in [6.45, 7) is 3.23. The zero-order valence-electron chi connectivity index (χ0n) is 15.3. The van der Waals surface area contributed by atoms with Crippen LogP contribution in [0.1, 0.15) is 27.9 Å². The molecule has 27 heavy (non-hydrogen) atoms. The van der Waals surface area contributed by atoms with Crippen LogP contribution >= 0.6 is 0 Å². The summed E-state index contributed by atoms with van der Waals surface area (Å²) < 4.78 is 1.79. The molecule has 1 aliphatic heterocycles. The number of hydrogen-bond donors (Lipinski definition) is 1. The van der Waals surface area contributed by atoms with Gasteiger partial charge < -0.3 is 14.8 Å². The Morgan fingerprint density at radius 3 is 2.81 bits per heavy atom. The third kappa shape index (κ3) is 3.40. The Balaban J connectivity index is 1.42. The first-order valence-electron chi connectivity index (χ1n) is 8.93. The average molecular weight is 363 g/mol. The van der Waals surface area contributed by atoms with Crippen molar-refractivity contribution in [2.75, 3.05) is 6.54 Å². The predicted octanol–water partition coefficient (Wildman–Crippen LogP) is 1.81. The third-order valence-corrected chi connectivity index (χ3v) is 4.91. The Labute approximate surface area is 157 Å². The highest BCUT2D eigenvalue weighted by Gasteiger charge is 2.32. The minimum atomic E-state index is -0.498. The number of rotatable bonds is 4. The van der Waals surface area contributed by atoms with Gasteiger partial charge in [-0.05, 0) is 25.0 Å². The molecule has 1 saturated heterocycles. The number of nitrogens with one attached hydrogen (secondary N) is 1. The Morgan fingerprint density at radius 2 is 2.04 bits per heavy atom. The molecule has 7 heteroatoms. The standard InChI is InChI=1S/C20H21N5O2/c1-13-3-5-14(6-4-13)11-25-8-7-16(20(25)27)23-19(26)15-9-17-18(21-10-15)24(2)12-22-17/h3-6,9-10,12,16H,7-8,11H2,1-2H3,(H,23,26)/t16-/m0/s1. The van der Waals surface area contributed by atoms with Crippen LogP contribution < -0.4 is 5.32 Å². The number of carbonyl (C=O) groups is 2. The highest BCUT2D eigenvalue weighted by atomic mass is 16.2. The van der Waals surface area contributed by atoms with Crippen LogP contribution in [0, 0.1) is 6.92 Å². The van der Waals surface area contributed by atoms with Crippen molar-refractivity contribution in [1.29, 1.82) is 0 Å². The normalized spacial score (nSPS) is 16.9. The first-order chi connectivity index (χ1) is 13.0.